The summed E-state index contributed by atoms with van der Waals surface area (Å²) in [5.74, 6) is 0.785. The number of piperidine rings is 1. The Hall–Kier alpha value is -1.55. The molecule has 1 unspecified atom stereocenters. The van der Waals surface area contributed by atoms with Crippen molar-refractivity contribution in [2.45, 2.75) is 40.2 Å². The van der Waals surface area contributed by atoms with Crippen molar-refractivity contribution in [3.8, 4) is 5.75 Å². The third-order valence-corrected chi connectivity index (χ3v) is 4.51. The number of hydrogen-bond acceptors (Lipinski definition) is 3. The van der Waals surface area contributed by atoms with Crippen LogP contribution in [0.4, 0.5) is 0 Å². The molecule has 0 aromatic heterocycles. The molecule has 0 spiro atoms. The highest BCUT2D eigenvalue weighted by Gasteiger charge is 2.35. The zero-order valence-corrected chi connectivity index (χ0v) is 13.5. The van der Waals surface area contributed by atoms with E-state index in [2.05, 4.69) is 20.8 Å². The average molecular weight is 290 g/mol. The van der Waals surface area contributed by atoms with Crippen LogP contribution >= 0.6 is 0 Å². The molecule has 1 aliphatic heterocycles. The molecule has 1 amide bonds. The summed E-state index contributed by atoms with van der Waals surface area (Å²) in [6, 6.07) is 6.05. The van der Waals surface area contributed by atoms with E-state index in [0.717, 1.165) is 18.7 Å². The Morgan fingerprint density at radius 1 is 1.38 bits per heavy atom. The molecule has 0 saturated carbocycles. The maximum Gasteiger partial charge on any atom is 0.260 e. The number of carbonyl (C=O) groups is 1. The highest BCUT2D eigenvalue weighted by molar-refractivity contribution is 5.78. The van der Waals surface area contributed by atoms with Gasteiger partial charge in [0.25, 0.3) is 5.91 Å². The predicted molar refractivity (Wildman–Crippen MR) is 84.4 cm³/mol. The first-order valence-electron chi connectivity index (χ1n) is 7.53. The Morgan fingerprint density at radius 2 is 2.10 bits per heavy atom. The highest BCUT2D eigenvalue weighted by atomic mass is 16.5. The summed E-state index contributed by atoms with van der Waals surface area (Å²) in [6.45, 7) is 9.83. The van der Waals surface area contributed by atoms with Gasteiger partial charge in [-0.15, -0.1) is 0 Å². The van der Waals surface area contributed by atoms with Crippen molar-refractivity contribution >= 4 is 5.91 Å². The molecule has 21 heavy (non-hydrogen) atoms. The Morgan fingerprint density at radius 3 is 2.71 bits per heavy atom. The lowest BCUT2D eigenvalue weighted by Crippen LogP contribution is -2.54. The van der Waals surface area contributed by atoms with E-state index in [0.29, 0.717) is 6.54 Å². The second-order valence-electron chi connectivity index (χ2n) is 6.73. The molecule has 1 fully saturated rings. The summed E-state index contributed by atoms with van der Waals surface area (Å²) in [5, 5.41) is 0. The molecule has 1 aromatic carbocycles. The zero-order chi connectivity index (χ0) is 15.6. The fourth-order valence-electron chi connectivity index (χ4n) is 2.63. The first-order valence-corrected chi connectivity index (χ1v) is 7.53. The average Bonchev–Trinajstić information content (AvgIpc) is 2.42. The molecule has 2 N–H and O–H groups in total. The maximum atomic E-state index is 12.3. The van der Waals surface area contributed by atoms with Gasteiger partial charge in [-0.05, 0) is 48.9 Å². The van der Waals surface area contributed by atoms with Gasteiger partial charge in [-0.1, -0.05) is 19.9 Å². The smallest absolute Gasteiger partial charge is 0.260 e. The normalized spacial score (nSPS) is 21.2. The number of amides is 1. The fraction of sp³-hybridized carbons (Fsp3) is 0.588. The largest absolute Gasteiger partial charge is 0.484 e. The van der Waals surface area contributed by atoms with Gasteiger partial charge in [0.2, 0.25) is 0 Å². The van der Waals surface area contributed by atoms with E-state index in [-0.39, 0.29) is 24.0 Å². The van der Waals surface area contributed by atoms with Crippen molar-refractivity contribution < 1.29 is 9.53 Å². The fourth-order valence-corrected chi connectivity index (χ4v) is 2.63. The van der Waals surface area contributed by atoms with Gasteiger partial charge in [0.05, 0.1) is 0 Å². The van der Waals surface area contributed by atoms with Gasteiger partial charge in [0.15, 0.2) is 6.61 Å². The summed E-state index contributed by atoms with van der Waals surface area (Å²) >= 11 is 0. The minimum Gasteiger partial charge on any atom is -0.484 e. The number of rotatable bonds is 3. The molecule has 4 heteroatoms. The summed E-state index contributed by atoms with van der Waals surface area (Å²) in [7, 11) is 0. The van der Waals surface area contributed by atoms with Gasteiger partial charge in [-0.2, -0.15) is 0 Å². The minimum atomic E-state index is -0.0334. The van der Waals surface area contributed by atoms with Crippen LogP contribution in [-0.4, -0.2) is 36.5 Å². The highest BCUT2D eigenvalue weighted by Crippen LogP contribution is 2.27. The van der Waals surface area contributed by atoms with Crippen LogP contribution in [0.5, 0.6) is 5.75 Å². The van der Waals surface area contributed by atoms with E-state index in [1.807, 2.05) is 30.0 Å². The molecule has 0 radical (unpaired) electrons. The Labute approximate surface area is 127 Å². The second-order valence-corrected chi connectivity index (χ2v) is 6.73. The third kappa shape index (κ3) is 3.76. The topological polar surface area (TPSA) is 55.6 Å². The Kier molecular flexibility index (Phi) is 4.57. The van der Waals surface area contributed by atoms with Crippen molar-refractivity contribution in [2.24, 2.45) is 11.1 Å². The molecule has 2 rings (SSSR count). The quantitative estimate of drug-likeness (QED) is 0.929. The Bertz CT molecular complexity index is 526. The molecule has 1 aliphatic rings. The van der Waals surface area contributed by atoms with Crippen molar-refractivity contribution in [3.05, 3.63) is 29.3 Å². The lowest BCUT2D eigenvalue weighted by Gasteiger charge is -2.42. The van der Waals surface area contributed by atoms with E-state index in [9.17, 15) is 4.79 Å². The minimum absolute atomic E-state index is 0.0334. The van der Waals surface area contributed by atoms with Crippen LogP contribution in [0, 0.1) is 19.3 Å². The van der Waals surface area contributed by atoms with Gasteiger partial charge in [0.1, 0.15) is 5.75 Å². The maximum absolute atomic E-state index is 12.3. The number of ether oxygens (including phenoxy) is 1. The standard InChI is InChI=1S/C17H26N2O2/c1-12-5-6-14(9-13(12)2)21-10-16(20)19-8-7-15(18)17(3,4)11-19/h5-6,9,15H,7-8,10-11,18H2,1-4H3. The first-order chi connectivity index (χ1) is 9.79. The number of carbonyl (C=O) groups excluding carboxylic acids is 1. The molecule has 4 nitrogen and oxygen atoms in total. The van der Waals surface area contributed by atoms with Crippen LogP contribution in [0.15, 0.2) is 18.2 Å². The van der Waals surface area contributed by atoms with Gasteiger partial charge < -0.3 is 15.4 Å². The van der Waals surface area contributed by atoms with E-state index in [1.165, 1.54) is 11.1 Å². The van der Waals surface area contributed by atoms with Crippen molar-refractivity contribution in [1.82, 2.24) is 4.90 Å². The molecule has 1 saturated heterocycles. The summed E-state index contributed by atoms with van der Waals surface area (Å²) < 4.78 is 5.63. The summed E-state index contributed by atoms with van der Waals surface area (Å²) in [6.07, 6.45) is 0.850. The molecule has 0 aliphatic carbocycles. The number of nitrogens with zero attached hydrogens (tertiary/aromatic N) is 1. The molecule has 0 bridgehead atoms. The molecule has 1 atom stereocenters. The van der Waals surface area contributed by atoms with Gasteiger partial charge in [-0.3, -0.25) is 4.79 Å². The summed E-state index contributed by atoms with van der Waals surface area (Å²) in [5.41, 5.74) is 8.46. The van der Waals surface area contributed by atoms with E-state index >= 15 is 0 Å². The van der Waals surface area contributed by atoms with Gasteiger partial charge >= 0.3 is 0 Å². The van der Waals surface area contributed by atoms with Crippen molar-refractivity contribution in [3.63, 3.8) is 0 Å². The molecule has 1 aromatic rings. The van der Waals surface area contributed by atoms with Crippen LogP contribution in [0.2, 0.25) is 0 Å². The summed E-state index contributed by atoms with van der Waals surface area (Å²) in [4.78, 5) is 14.1. The van der Waals surface area contributed by atoms with Crippen LogP contribution in [-0.2, 0) is 4.79 Å². The lowest BCUT2D eigenvalue weighted by atomic mass is 9.80. The lowest BCUT2D eigenvalue weighted by molar-refractivity contribution is -0.136. The number of nitrogens with two attached hydrogens (primary N) is 1. The Balaban J connectivity index is 1.91. The third-order valence-electron chi connectivity index (χ3n) is 4.51. The number of hydrogen-bond donors (Lipinski definition) is 1. The van der Waals surface area contributed by atoms with E-state index < -0.39 is 0 Å². The van der Waals surface area contributed by atoms with Crippen molar-refractivity contribution in [1.29, 1.82) is 0 Å². The van der Waals surface area contributed by atoms with Gasteiger partial charge in [-0.25, -0.2) is 0 Å². The number of benzene rings is 1. The predicted octanol–water partition coefficient (Wildman–Crippen LogP) is 2.27. The van der Waals surface area contributed by atoms with Crippen LogP contribution in [0.1, 0.15) is 31.4 Å². The zero-order valence-electron chi connectivity index (χ0n) is 13.5. The molecule has 116 valence electrons. The number of aryl methyl sites for hydroxylation is 2. The van der Waals surface area contributed by atoms with Crippen LogP contribution in [0.3, 0.4) is 0 Å². The molecular formula is C17H26N2O2. The SMILES string of the molecule is Cc1ccc(OCC(=O)N2CCC(N)C(C)(C)C2)cc1C. The van der Waals surface area contributed by atoms with Crippen LogP contribution in [0.25, 0.3) is 0 Å². The van der Waals surface area contributed by atoms with E-state index in [4.69, 9.17) is 10.5 Å². The molecular weight excluding hydrogens is 264 g/mol. The van der Waals surface area contributed by atoms with Crippen LogP contribution < -0.4 is 10.5 Å². The second kappa shape index (κ2) is 6.06. The first kappa shape index (κ1) is 15.8. The van der Waals surface area contributed by atoms with Crippen molar-refractivity contribution in [2.75, 3.05) is 19.7 Å². The number of likely N-dealkylation sites (tertiary alicyclic amines) is 1. The van der Waals surface area contributed by atoms with Gasteiger partial charge in [0, 0.05) is 19.1 Å². The molecule has 1 heterocycles. The monoisotopic (exact) mass is 290 g/mol. The van der Waals surface area contributed by atoms with E-state index in [1.54, 1.807) is 0 Å².